The fourth-order valence-corrected chi connectivity index (χ4v) is 4.97. The van der Waals surface area contributed by atoms with Crippen LogP contribution in [0.15, 0.2) is 55.0 Å². The molecule has 0 aliphatic carbocycles. The van der Waals surface area contributed by atoms with Crippen LogP contribution in [-0.4, -0.2) is 89.4 Å². The van der Waals surface area contributed by atoms with Crippen molar-refractivity contribution in [2.75, 3.05) is 58.2 Å². The quantitative estimate of drug-likeness (QED) is 0.297. The number of ether oxygens (including phenoxy) is 1. The first-order chi connectivity index (χ1) is 19.8. The van der Waals surface area contributed by atoms with E-state index in [1.54, 1.807) is 60.2 Å². The number of hydrogen-bond acceptors (Lipinski definition) is 7. The number of hydrogen-bond donors (Lipinski definition) is 2. The smallest absolute Gasteiger partial charge is 0.255 e. The van der Waals surface area contributed by atoms with E-state index in [1.807, 2.05) is 0 Å². The van der Waals surface area contributed by atoms with Gasteiger partial charge in [0.25, 0.3) is 12.3 Å². The van der Waals surface area contributed by atoms with E-state index in [-0.39, 0.29) is 12.3 Å². The number of aryl methyl sites for hydroxylation is 1. The van der Waals surface area contributed by atoms with Crippen LogP contribution in [0, 0.1) is 12.7 Å². The van der Waals surface area contributed by atoms with Gasteiger partial charge in [-0.2, -0.15) is 0 Å². The predicted octanol–water partition coefficient (Wildman–Crippen LogP) is 4.21. The van der Waals surface area contributed by atoms with Crippen LogP contribution in [0.25, 0.3) is 16.9 Å². The number of carbonyl (C=O) groups excluding carboxylic acids is 1. The minimum Gasteiger partial charge on any atom is -0.494 e. The minimum absolute atomic E-state index is 0.153. The Hall–Kier alpha value is -4.16. The third-order valence-corrected chi connectivity index (χ3v) is 7.14. The van der Waals surface area contributed by atoms with Crippen LogP contribution in [-0.2, 0) is 0 Å². The van der Waals surface area contributed by atoms with Crippen molar-refractivity contribution in [2.24, 2.45) is 0 Å². The maximum atomic E-state index is 14.3. The number of halogens is 3. The summed E-state index contributed by atoms with van der Waals surface area (Å²) in [5.74, 6) is -0.287. The second kappa shape index (κ2) is 12.6. The molecular weight excluding hydrogens is 535 g/mol. The van der Waals surface area contributed by atoms with Gasteiger partial charge in [0, 0.05) is 68.5 Å². The standard InChI is InChI=1S/C29H32F3N7O2/c1-19-15-21(4-5-22(19)29(40)38(18-26(31)32)14-13-37-10-7-33-8-11-37)36-27-28-35-17-24(39(28)12-9-34-27)20-3-6-25(41-2)23(30)16-20/h3-6,9,12,15-17,26,33H,7-8,10-11,13-14,18H2,1-2H3,(H,34,36). The van der Waals surface area contributed by atoms with Crippen LogP contribution in [0.5, 0.6) is 5.75 Å². The highest BCUT2D eigenvalue weighted by atomic mass is 19.3. The molecule has 3 heterocycles. The lowest BCUT2D eigenvalue weighted by Gasteiger charge is -2.30. The summed E-state index contributed by atoms with van der Waals surface area (Å²) < 4.78 is 47.9. The molecule has 4 aromatic rings. The fourth-order valence-electron chi connectivity index (χ4n) is 4.97. The lowest BCUT2D eigenvalue weighted by molar-refractivity contribution is 0.0522. The van der Waals surface area contributed by atoms with Crippen molar-refractivity contribution in [1.82, 2.24) is 29.5 Å². The molecule has 1 fully saturated rings. The minimum atomic E-state index is -2.62. The molecule has 0 atom stereocenters. The zero-order valence-corrected chi connectivity index (χ0v) is 22.9. The van der Waals surface area contributed by atoms with Gasteiger partial charge in [-0.3, -0.25) is 14.1 Å². The third kappa shape index (κ3) is 6.44. The number of rotatable bonds is 10. The zero-order chi connectivity index (χ0) is 28.9. The number of anilines is 2. The van der Waals surface area contributed by atoms with Crippen molar-refractivity contribution in [1.29, 1.82) is 0 Å². The van der Waals surface area contributed by atoms with Crippen molar-refractivity contribution in [2.45, 2.75) is 13.3 Å². The largest absolute Gasteiger partial charge is 0.494 e. The van der Waals surface area contributed by atoms with Gasteiger partial charge in [0.1, 0.15) is 0 Å². The first-order valence-corrected chi connectivity index (χ1v) is 13.4. The lowest BCUT2D eigenvalue weighted by atomic mass is 10.1. The van der Waals surface area contributed by atoms with Crippen molar-refractivity contribution < 1.29 is 22.7 Å². The number of piperazine rings is 1. The normalized spacial score (nSPS) is 14.0. The molecule has 1 aliphatic heterocycles. The number of nitrogens with one attached hydrogen (secondary N) is 2. The summed E-state index contributed by atoms with van der Waals surface area (Å²) in [5, 5.41) is 6.49. The van der Waals surface area contributed by atoms with Gasteiger partial charge in [0.05, 0.1) is 25.5 Å². The van der Waals surface area contributed by atoms with Crippen molar-refractivity contribution in [3.05, 3.63) is 71.9 Å². The number of methoxy groups -OCH3 is 1. The second-order valence-corrected chi connectivity index (χ2v) is 9.85. The molecule has 0 saturated carbocycles. The van der Waals surface area contributed by atoms with Gasteiger partial charge >= 0.3 is 0 Å². The number of alkyl halides is 2. The number of nitrogens with zero attached hydrogens (tertiary/aromatic N) is 5. The molecule has 12 heteroatoms. The van der Waals surface area contributed by atoms with Gasteiger partial charge in [-0.25, -0.2) is 23.1 Å². The molecule has 2 aromatic heterocycles. The highest BCUT2D eigenvalue weighted by Gasteiger charge is 2.23. The first-order valence-electron chi connectivity index (χ1n) is 13.4. The van der Waals surface area contributed by atoms with Crippen molar-refractivity contribution in [3.8, 4) is 17.0 Å². The lowest BCUT2D eigenvalue weighted by Crippen LogP contribution is -2.47. The Bertz CT molecular complexity index is 1520. The third-order valence-electron chi connectivity index (χ3n) is 7.14. The Morgan fingerprint density at radius 3 is 2.68 bits per heavy atom. The molecule has 0 radical (unpaired) electrons. The van der Waals surface area contributed by atoms with Gasteiger partial charge in [0.2, 0.25) is 0 Å². The van der Waals surface area contributed by atoms with Gasteiger partial charge in [-0.15, -0.1) is 0 Å². The molecule has 1 saturated heterocycles. The number of benzene rings is 2. The Labute approximate surface area is 236 Å². The molecule has 0 unspecified atom stereocenters. The molecule has 1 aliphatic rings. The molecule has 5 rings (SSSR count). The van der Waals surface area contributed by atoms with Crippen LogP contribution in [0.3, 0.4) is 0 Å². The van der Waals surface area contributed by atoms with E-state index in [0.29, 0.717) is 46.1 Å². The van der Waals surface area contributed by atoms with E-state index in [9.17, 15) is 18.0 Å². The predicted molar refractivity (Wildman–Crippen MR) is 151 cm³/mol. The van der Waals surface area contributed by atoms with Crippen molar-refractivity contribution in [3.63, 3.8) is 0 Å². The summed E-state index contributed by atoms with van der Waals surface area (Å²) in [5.41, 5.74) is 3.48. The number of carbonyl (C=O) groups is 1. The average molecular weight is 568 g/mol. The van der Waals surface area contributed by atoms with E-state index < -0.39 is 24.7 Å². The Balaban J connectivity index is 1.34. The van der Waals surface area contributed by atoms with Gasteiger partial charge in [-0.1, -0.05) is 0 Å². The van der Waals surface area contributed by atoms with Crippen molar-refractivity contribution >= 4 is 23.1 Å². The maximum absolute atomic E-state index is 14.3. The average Bonchev–Trinajstić information content (AvgIpc) is 3.41. The van der Waals surface area contributed by atoms with Crippen LogP contribution >= 0.6 is 0 Å². The van der Waals surface area contributed by atoms with Crippen LogP contribution < -0.4 is 15.4 Å². The molecule has 2 aromatic carbocycles. The van der Waals surface area contributed by atoms with Gasteiger partial charge < -0.3 is 20.3 Å². The number of amides is 1. The summed E-state index contributed by atoms with van der Waals surface area (Å²) in [4.78, 5) is 25.6. The zero-order valence-electron chi connectivity index (χ0n) is 22.9. The summed E-state index contributed by atoms with van der Waals surface area (Å²) in [6.07, 6.45) is 2.35. The monoisotopic (exact) mass is 567 g/mol. The topological polar surface area (TPSA) is 87.0 Å². The van der Waals surface area contributed by atoms with E-state index in [2.05, 4.69) is 25.5 Å². The number of aromatic nitrogens is 3. The van der Waals surface area contributed by atoms with E-state index in [1.165, 1.54) is 18.1 Å². The summed E-state index contributed by atoms with van der Waals surface area (Å²) in [7, 11) is 1.41. The molecule has 41 heavy (non-hydrogen) atoms. The summed E-state index contributed by atoms with van der Waals surface area (Å²) >= 11 is 0. The molecule has 216 valence electrons. The van der Waals surface area contributed by atoms with Gasteiger partial charge in [0.15, 0.2) is 23.0 Å². The molecule has 0 bridgehead atoms. The summed E-state index contributed by atoms with van der Waals surface area (Å²) in [6, 6.07) is 9.82. The SMILES string of the molecule is COc1ccc(-c2cnc3c(Nc4ccc(C(=O)N(CCN5CCNCC5)CC(F)F)c(C)c4)nccn23)cc1F. The molecule has 9 nitrogen and oxygen atoms in total. The molecule has 1 amide bonds. The number of fused-ring (bicyclic) bond motifs is 1. The highest BCUT2D eigenvalue weighted by Crippen LogP contribution is 2.29. The van der Waals surface area contributed by atoms with E-state index in [4.69, 9.17) is 4.74 Å². The maximum Gasteiger partial charge on any atom is 0.255 e. The Morgan fingerprint density at radius 2 is 1.98 bits per heavy atom. The van der Waals surface area contributed by atoms with Crippen LogP contribution in [0.1, 0.15) is 15.9 Å². The molecular formula is C29H32F3N7O2. The van der Waals surface area contributed by atoms with E-state index >= 15 is 0 Å². The van der Waals surface area contributed by atoms with Crippen LogP contribution in [0.4, 0.5) is 24.7 Å². The Morgan fingerprint density at radius 1 is 1.17 bits per heavy atom. The number of imidazole rings is 1. The van der Waals surface area contributed by atoms with E-state index in [0.717, 1.165) is 26.2 Å². The summed E-state index contributed by atoms with van der Waals surface area (Å²) in [6.45, 7) is 5.28. The van der Waals surface area contributed by atoms with Crippen LogP contribution in [0.2, 0.25) is 0 Å². The second-order valence-electron chi connectivity index (χ2n) is 9.85. The first kappa shape index (κ1) is 28.4. The molecule has 2 N–H and O–H groups in total. The fraction of sp³-hybridized carbons (Fsp3) is 0.345. The Kier molecular flexibility index (Phi) is 8.70. The molecule has 0 spiro atoms. The van der Waals surface area contributed by atoms with Gasteiger partial charge in [-0.05, 0) is 48.9 Å². The highest BCUT2D eigenvalue weighted by molar-refractivity contribution is 5.96.